The van der Waals surface area contributed by atoms with Crippen LogP contribution < -0.4 is 0 Å². The molecule has 0 radical (unpaired) electrons. The van der Waals surface area contributed by atoms with Crippen LogP contribution in [0.1, 0.15) is 11.3 Å². The minimum Gasteiger partial charge on any atom is -0.450 e. The molecule has 2 heterocycles. The summed E-state index contributed by atoms with van der Waals surface area (Å²) in [6.07, 6.45) is 3.32. The van der Waals surface area contributed by atoms with Crippen molar-refractivity contribution in [1.29, 1.82) is 0 Å². The third-order valence-electron chi connectivity index (χ3n) is 2.75. The largest absolute Gasteiger partial charge is 0.450 e. The minimum absolute atomic E-state index is 0.400. The summed E-state index contributed by atoms with van der Waals surface area (Å²) < 4.78 is 11.2. The zero-order chi connectivity index (χ0) is 14.1. The summed E-state index contributed by atoms with van der Waals surface area (Å²) in [5.74, 6) is 0.684. The summed E-state index contributed by atoms with van der Waals surface area (Å²) >= 11 is 9.04. The molecule has 0 saturated carbocycles. The lowest BCUT2D eigenvalue weighted by Crippen LogP contribution is -1.96. The van der Waals surface area contributed by atoms with E-state index >= 15 is 0 Å². The lowest BCUT2D eigenvalue weighted by Gasteiger charge is -2.00. The van der Waals surface area contributed by atoms with Crippen LogP contribution in [0.5, 0.6) is 0 Å². The molecular weight excluding hydrogens is 344 g/mol. The van der Waals surface area contributed by atoms with Crippen molar-refractivity contribution in [1.82, 2.24) is 0 Å². The molecule has 0 saturated heterocycles. The molecule has 0 N–H and O–H groups in total. The molecule has 100 valence electrons. The molecule has 0 atom stereocenters. The van der Waals surface area contributed by atoms with Crippen molar-refractivity contribution in [3.05, 3.63) is 69.1 Å². The normalized spacial score (nSPS) is 16.4. The molecule has 1 aromatic carbocycles. The number of benzene rings is 1. The Hall–Kier alpha value is -1.78. The van der Waals surface area contributed by atoms with Crippen LogP contribution in [0.15, 0.2) is 57.1 Å². The summed E-state index contributed by atoms with van der Waals surface area (Å²) in [4.78, 5) is 11.8. The zero-order valence-corrected chi connectivity index (χ0v) is 12.4. The maximum atomic E-state index is 11.8. The summed E-state index contributed by atoms with van der Waals surface area (Å²) in [5, 5.41) is 0.634. The first-order chi connectivity index (χ1) is 9.61. The summed E-state index contributed by atoms with van der Waals surface area (Å²) in [5.41, 5.74) is 1.24. The van der Waals surface area contributed by atoms with Gasteiger partial charge in [0.1, 0.15) is 11.5 Å². The molecule has 0 bridgehead atoms. The minimum atomic E-state index is -0.400. The number of furan rings is 1. The second-order valence-electron chi connectivity index (χ2n) is 4.15. The van der Waals surface area contributed by atoms with Crippen LogP contribution in [0.2, 0.25) is 5.02 Å². The van der Waals surface area contributed by atoms with E-state index in [9.17, 15) is 4.79 Å². The van der Waals surface area contributed by atoms with Gasteiger partial charge in [-0.05, 0) is 64.5 Å². The molecule has 2 aromatic rings. The molecule has 0 aliphatic carbocycles. The predicted molar refractivity (Wildman–Crippen MR) is 79.9 cm³/mol. The Morgan fingerprint density at radius 2 is 1.85 bits per heavy atom. The molecule has 1 aliphatic heterocycles. The fourth-order valence-electron chi connectivity index (χ4n) is 1.80. The van der Waals surface area contributed by atoms with E-state index < -0.39 is 5.97 Å². The number of esters is 1. The van der Waals surface area contributed by atoms with Gasteiger partial charge in [-0.1, -0.05) is 11.6 Å². The van der Waals surface area contributed by atoms with E-state index in [0.29, 0.717) is 26.8 Å². The van der Waals surface area contributed by atoms with Gasteiger partial charge in [-0.25, -0.2) is 4.79 Å². The first-order valence-electron chi connectivity index (χ1n) is 5.79. The highest BCUT2D eigenvalue weighted by Gasteiger charge is 2.22. The van der Waals surface area contributed by atoms with Crippen molar-refractivity contribution in [2.45, 2.75) is 0 Å². The number of cyclic esters (lactones) is 1. The highest BCUT2D eigenvalue weighted by molar-refractivity contribution is 9.10. The Kier molecular flexibility index (Phi) is 3.51. The molecule has 3 nitrogen and oxygen atoms in total. The number of hydrogen-bond acceptors (Lipinski definition) is 3. The predicted octanol–water partition coefficient (Wildman–Crippen LogP) is 4.68. The number of carbonyl (C=O) groups excluding carboxylic acids is 1. The Morgan fingerprint density at radius 3 is 2.50 bits per heavy atom. The van der Waals surface area contributed by atoms with Gasteiger partial charge in [-0.3, -0.25) is 0 Å². The third-order valence-corrected chi connectivity index (χ3v) is 3.42. The molecule has 0 spiro atoms. The highest BCUT2D eigenvalue weighted by atomic mass is 79.9. The lowest BCUT2D eigenvalue weighted by atomic mass is 10.1. The number of ether oxygens (including phenoxy) is 1. The van der Waals surface area contributed by atoms with Gasteiger partial charge in [0.15, 0.2) is 4.67 Å². The molecule has 20 heavy (non-hydrogen) atoms. The van der Waals surface area contributed by atoms with Crippen LogP contribution in [0.3, 0.4) is 0 Å². The standard InChI is InChI=1S/C15H8BrClO3/c16-14-6-5-12(19-14)7-10-8-13(20-15(10)18)9-1-3-11(17)4-2-9/h1-8H/b10-7+. The molecule has 5 heteroatoms. The number of carbonyl (C=O) groups is 1. The van der Waals surface area contributed by atoms with Crippen LogP contribution in [0, 0.1) is 0 Å². The third kappa shape index (κ3) is 2.71. The van der Waals surface area contributed by atoms with Crippen LogP contribution in [-0.2, 0) is 9.53 Å². The van der Waals surface area contributed by atoms with Gasteiger partial charge < -0.3 is 9.15 Å². The van der Waals surface area contributed by atoms with Gasteiger partial charge in [0, 0.05) is 10.6 Å². The molecular formula is C15H8BrClO3. The maximum absolute atomic E-state index is 11.8. The Bertz CT molecular complexity index is 726. The Labute approximate surface area is 128 Å². The van der Waals surface area contributed by atoms with Gasteiger partial charge in [-0.2, -0.15) is 0 Å². The number of halogens is 2. The van der Waals surface area contributed by atoms with E-state index in [-0.39, 0.29) is 0 Å². The van der Waals surface area contributed by atoms with Crippen molar-refractivity contribution in [3.63, 3.8) is 0 Å². The van der Waals surface area contributed by atoms with E-state index in [0.717, 1.165) is 5.56 Å². The molecule has 0 fully saturated rings. The second kappa shape index (κ2) is 5.31. The van der Waals surface area contributed by atoms with E-state index in [4.69, 9.17) is 20.8 Å². The topological polar surface area (TPSA) is 39.4 Å². The van der Waals surface area contributed by atoms with Gasteiger partial charge in [0.2, 0.25) is 0 Å². The van der Waals surface area contributed by atoms with Crippen molar-refractivity contribution in [3.8, 4) is 0 Å². The van der Waals surface area contributed by atoms with Crippen LogP contribution >= 0.6 is 27.5 Å². The smallest absolute Gasteiger partial charge is 0.343 e. The summed E-state index contributed by atoms with van der Waals surface area (Å²) in [6.45, 7) is 0. The van der Waals surface area contributed by atoms with E-state index in [2.05, 4.69) is 15.9 Å². The highest BCUT2D eigenvalue weighted by Crippen LogP contribution is 2.28. The van der Waals surface area contributed by atoms with Gasteiger partial charge in [0.25, 0.3) is 0 Å². The monoisotopic (exact) mass is 350 g/mol. The van der Waals surface area contributed by atoms with Crippen LogP contribution in [0.4, 0.5) is 0 Å². The molecule has 1 aromatic heterocycles. The summed E-state index contributed by atoms with van der Waals surface area (Å²) in [6, 6.07) is 10.6. The van der Waals surface area contributed by atoms with Crippen LogP contribution in [0.25, 0.3) is 11.8 Å². The molecule has 0 unspecified atom stereocenters. The van der Waals surface area contributed by atoms with Gasteiger partial charge in [0.05, 0.1) is 5.57 Å². The lowest BCUT2D eigenvalue weighted by molar-refractivity contribution is -0.130. The molecule has 3 rings (SSSR count). The fourth-order valence-corrected chi connectivity index (χ4v) is 2.25. The average Bonchev–Trinajstić information content (AvgIpc) is 2.98. The summed E-state index contributed by atoms with van der Waals surface area (Å²) in [7, 11) is 0. The Morgan fingerprint density at radius 1 is 1.10 bits per heavy atom. The van der Waals surface area contributed by atoms with E-state index in [1.807, 2.05) is 0 Å². The first kappa shape index (κ1) is 13.2. The van der Waals surface area contributed by atoms with E-state index in [1.54, 1.807) is 48.6 Å². The SMILES string of the molecule is O=C1OC(c2ccc(Cl)cc2)=C/C1=C\c1ccc(Br)o1. The average molecular weight is 352 g/mol. The molecule has 0 amide bonds. The second-order valence-corrected chi connectivity index (χ2v) is 5.36. The van der Waals surface area contributed by atoms with E-state index in [1.165, 1.54) is 0 Å². The number of hydrogen-bond donors (Lipinski definition) is 0. The van der Waals surface area contributed by atoms with Gasteiger partial charge >= 0.3 is 5.97 Å². The van der Waals surface area contributed by atoms with Crippen molar-refractivity contribution in [2.24, 2.45) is 0 Å². The van der Waals surface area contributed by atoms with Crippen LogP contribution in [-0.4, -0.2) is 5.97 Å². The fraction of sp³-hybridized carbons (Fsp3) is 0. The quantitative estimate of drug-likeness (QED) is 0.583. The zero-order valence-electron chi connectivity index (χ0n) is 10.1. The molecule has 1 aliphatic rings. The number of rotatable bonds is 2. The Balaban J connectivity index is 1.92. The van der Waals surface area contributed by atoms with Crippen molar-refractivity contribution in [2.75, 3.05) is 0 Å². The van der Waals surface area contributed by atoms with Gasteiger partial charge in [-0.15, -0.1) is 0 Å². The maximum Gasteiger partial charge on any atom is 0.343 e. The van der Waals surface area contributed by atoms with Crippen molar-refractivity contribution >= 4 is 45.3 Å². The first-order valence-corrected chi connectivity index (χ1v) is 6.96. The van der Waals surface area contributed by atoms with Crippen molar-refractivity contribution < 1.29 is 13.9 Å².